The number of piperidine rings is 1. The lowest BCUT2D eigenvalue weighted by Crippen LogP contribution is -2.54. The van der Waals surface area contributed by atoms with E-state index in [4.69, 9.17) is 5.73 Å². The predicted molar refractivity (Wildman–Crippen MR) is 74.1 cm³/mol. The van der Waals surface area contributed by atoms with Gasteiger partial charge < -0.3 is 10.6 Å². The summed E-state index contributed by atoms with van der Waals surface area (Å²) in [6, 6.07) is 0.212. The van der Waals surface area contributed by atoms with E-state index in [0.29, 0.717) is 12.0 Å². The van der Waals surface area contributed by atoms with Crippen molar-refractivity contribution in [3.8, 4) is 0 Å². The molecule has 0 aromatic heterocycles. The van der Waals surface area contributed by atoms with Crippen molar-refractivity contribution in [2.75, 3.05) is 6.54 Å². The summed E-state index contributed by atoms with van der Waals surface area (Å²) in [4.78, 5) is 14.6. The Bertz CT molecular complexity index is 288. The Labute approximate surface area is 111 Å². The Balaban J connectivity index is 1.99. The van der Waals surface area contributed by atoms with Gasteiger partial charge in [0.1, 0.15) is 0 Å². The van der Waals surface area contributed by atoms with Crippen LogP contribution >= 0.6 is 0 Å². The number of hydrogen-bond acceptors (Lipinski definition) is 2. The van der Waals surface area contributed by atoms with Gasteiger partial charge in [0.05, 0.1) is 6.04 Å². The Morgan fingerprint density at radius 1 is 1.22 bits per heavy atom. The lowest BCUT2D eigenvalue weighted by Gasteiger charge is -2.45. The van der Waals surface area contributed by atoms with Crippen LogP contribution in [0.1, 0.15) is 58.8 Å². The largest absolute Gasteiger partial charge is 0.338 e. The second-order valence-electron chi connectivity index (χ2n) is 6.52. The van der Waals surface area contributed by atoms with E-state index in [-0.39, 0.29) is 11.9 Å². The number of hydrogen-bond donors (Lipinski definition) is 1. The summed E-state index contributed by atoms with van der Waals surface area (Å²) in [5, 5.41) is 0. The predicted octanol–water partition coefficient (Wildman–Crippen LogP) is 2.54. The summed E-state index contributed by atoms with van der Waals surface area (Å²) in [5.74, 6) is 1.46. The molecule has 1 saturated heterocycles. The van der Waals surface area contributed by atoms with Gasteiger partial charge in [-0.15, -0.1) is 0 Å². The molecule has 3 nitrogen and oxygen atoms in total. The second-order valence-corrected chi connectivity index (χ2v) is 6.52. The molecule has 3 heteroatoms. The molecule has 1 aliphatic carbocycles. The Kier molecular flexibility index (Phi) is 4.66. The standard InChI is InChI=1S/C15H28N2O/c1-11(2)10-13(16)15(18)17-9-5-7-12-6-3-4-8-14(12)17/h11-14H,3-10,16H2,1-2H3/t12?,13-,14?/m0/s1. The first-order valence-corrected chi connectivity index (χ1v) is 7.65. The molecule has 2 fully saturated rings. The molecule has 1 heterocycles. The SMILES string of the molecule is CC(C)C[C@H](N)C(=O)N1CCCC2CCCCC21. The Morgan fingerprint density at radius 3 is 2.61 bits per heavy atom. The maximum Gasteiger partial charge on any atom is 0.239 e. The quantitative estimate of drug-likeness (QED) is 0.839. The molecule has 2 aliphatic rings. The minimum Gasteiger partial charge on any atom is -0.338 e. The molecule has 1 amide bonds. The van der Waals surface area contributed by atoms with Crippen molar-refractivity contribution in [3.63, 3.8) is 0 Å². The van der Waals surface area contributed by atoms with Gasteiger partial charge in [0.15, 0.2) is 0 Å². The number of carbonyl (C=O) groups excluding carboxylic acids is 1. The fourth-order valence-corrected chi connectivity index (χ4v) is 3.72. The number of likely N-dealkylation sites (tertiary alicyclic amines) is 1. The average Bonchev–Trinajstić information content (AvgIpc) is 2.36. The number of rotatable bonds is 3. The van der Waals surface area contributed by atoms with E-state index in [0.717, 1.165) is 18.9 Å². The molecule has 0 aromatic rings. The minimum absolute atomic E-state index is 0.209. The van der Waals surface area contributed by atoms with E-state index < -0.39 is 0 Å². The zero-order valence-electron chi connectivity index (χ0n) is 11.9. The fraction of sp³-hybridized carbons (Fsp3) is 0.933. The third-order valence-electron chi connectivity index (χ3n) is 4.57. The summed E-state index contributed by atoms with van der Waals surface area (Å²) < 4.78 is 0. The third kappa shape index (κ3) is 3.05. The molecule has 1 saturated carbocycles. The van der Waals surface area contributed by atoms with Gasteiger partial charge in [-0.25, -0.2) is 0 Å². The highest BCUT2D eigenvalue weighted by Crippen LogP contribution is 2.35. The number of amides is 1. The van der Waals surface area contributed by atoms with Crippen LogP contribution in [0.2, 0.25) is 0 Å². The first-order chi connectivity index (χ1) is 8.59. The summed E-state index contributed by atoms with van der Waals surface area (Å²) >= 11 is 0. The molecule has 104 valence electrons. The van der Waals surface area contributed by atoms with E-state index in [9.17, 15) is 4.79 Å². The lowest BCUT2D eigenvalue weighted by molar-refractivity contribution is -0.139. The van der Waals surface area contributed by atoms with Crippen LogP contribution in [0.5, 0.6) is 0 Å². The van der Waals surface area contributed by atoms with Gasteiger partial charge in [-0.2, -0.15) is 0 Å². The van der Waals surface area contributed by atoms with Gasteiger partial charge in [-0.05, 0) is 43.9 Å². The highest BCUT2D eigenvalue weighted by atomic mass is 16.2. The van der Waals surface area contributed by atoms with Crippen molar-refractivity contribution in [1.82, 2.24) is 4.90 Å². The average molecular weight is 252 g/mol. The topological polar surface area (TPSA) is 46.3 Å². The number of nitrogens with zero attached hydrogens (tertiary/aromatic N) is 1. The van der Waals surface area contributed by atoms with E-state index in [2.05, 4.69) is 18.7 Å². The van der Waals surface area contributed by atoms with Crippen LogP contribution in [0.15, 0.2) is 0 Å². The van der Waals surface area contributed by atoms with Crippen molar-refractivity contribution in [1.29, 1.82) is 0 Å². The van der Waals surface area contributed by atoms with Crippen LogP contribution in [-0.2, 0) is 4.79 Å². The smallest absolute Gasteiger partial charge is 0.239 e. The van der Waals surface area contributed by atoms with E-state index in [1.807, 2.05) is 0 Å². The highest BCUT2D eigenvalue weighted by Gasteiger charge is 2.37. The molecule has 1 aliphatic heterocycles. The molecule has 2 unspecified atom stereocenters. The molecule has 3 atom stereocenters. The normalized spacial score (nSPS) is 30.1. The maximum atomic E-state index is 12.5. The van der Waals surface area contributed by atoms with Crippen LogP contribution in [0.3, 0.4) is 0 Å². The summed E-state index contributed by atoms with van der Waals surface area (Å²) in [7, 11) is 0. The molecule has 0 spiro atoms. The lowest BCUT2D eigenvalue weighted by atomic mass is 9.78. The van der Waals surface area contributed by atoms with Crippen molar-refractivity contribution in [3.05, 3.63) is 0 Å². The zero-order chi connectivity index (χ0) is 13.1. The number of nitrogens with two attached hydrogens (primary N) is 1. The van der Waals surface area contributed by atoms with Crippen LogP contribution in [0.25, 0.3) is 0 Å². The molecule has 0 bridgehead atoms. The van der Waals surface area contributed by atoms with Crippen LogP contribution in [0.4, 0.5) is 0 Å². The Morgan fingerprint density at radius 2 is 1.89 bits per heavy atom. The van der Waals surface area contributed by atoms with Gasteiger partial charge in [0.25, 0.3) is 0 Å². The van der Waals surface area contributed by atoms with Crippen molar-refractivity contribution in [2.45, 2.75) is 70.9 Å². The molecular formula is C15H28N2O. The monoisotopic (exact) mass is 252 g/mol. The van der Waals surface area contributed by atoms with Gasteiger partial charge in [0.2, 0.25) is 5.91 Å². The number of fused-ring (bicyclic) bond motifs is 1. The summed E-state index contributed by atoms with van der Waals surface area (Å²) in [6.45, 7) is 5.20. The third-order valence-corrected chi connectivity index (χ3v) is 4.57. The zero-order valence-corrected chi connectivity index (χ0v) is 11.9. The summed E-state index contributed by atoms with van der Waals surface area (Å²) in [5.41, 5.74) is 6.08. The molecule has 2 N–H and O–H groups in total. The highest BCUT2D eigenvalue weighted by molar-refractivity contribution is 5.82. The molecule has 0 aromatic carbocycles. The van der Waals surface area contributed by atoms with Gasteiger partial charge >= 0.3 is 0 Å². The van der Waals surface area contributed by atoms with Gasteiger partial charge in [-0.3, -0.25) is 4.79 Å². The van der Waals surface area contributed by atoms with E-state index >= 15 is 0 Å². The minimum atomic E-state index is -0.286. The van der Waals surface area contributed by atoms with Crippen LogP contribution in [0, 0.1) is 11.8 Å². The van der Waals surface area contributed by atoms with Crippen LogP contribution in [-0.4, -0.2) is 29.4 Å². The van der Waals surface area contributed by atoms with Crippen LogP contribution < -0.4 is 5.73 Å². The van der Waals surface area contributed by atoms with E-state index in [1.54, 1.807) is 0 Å². The second kappa shape index (κ2) is 6.05. The van der Waals surface area contributed by atoms with Gasteiger partial charge in [-0.1, -0.05) is 26.7 Å². The first kappa shape index (κ1) is 13.9. The molecule has 0 radical (unpaired) electrons. The van der Waals surface area contributed by atoms with Crippen molar-refractivity contribution in [2.24, 2.45) is 17.6 Å². The number of carbonyl (C=O) groups is 1. The summed E-state index contributed by atoms with van der Waals surface area (Å²) in [6.07, 6.45) is 8.44. The van der Waals surface area contributed by atoms with Crippen molar-refractivity contribution >= 4 is 5.91 Å². The molecule has 2 rings (SSSR count). The Hall–Kier alpha value is -0.570. The molecular weight excluding hydrogens is 224 g/mol. The fourth-order valence-electron chi connectivity index (χ4n) is 3.72. The van der Waals surface area contributed by atoms with Crippen molar-refractivity contribution < 1.29 is 4.79 Å². The molecule has 18 heavy (non-hydrogen) atoms. The first-order valence-electron chi connectivity index (χ1n) is 7.65. The maximum absolute atomic E-state index is 12.5. The van der Waals surface area contributed by atoms with Gasteiger partial charge in [0, 0.05) is 12.6 Å². The van der Waals surface area contributed by atoms with E-state index in [1.165, 1.54) is 38.5 Å².